The number of carbonyl (C=O) groups excluding carboxylic acids is 3. The lowest BCUT2D eigenvalue weighted by molar-refractivity contribution is -0.142. The molecule has 30 heavy (non-hydrogen) atoms. The summed E-state index contributed by atoms with van der Waals surface area (Å²) in [6, 6.07) is -0.816. The maximum atomic E-state index is 13.0. The lowest BCUT2D eigenvalue weighted by Crippen LogP contribution is -2.53. The summed E-state index contributed by atoms with van der Waals surface area (Å²) in [6.07, 6.45) is 7.40. The minimum Gasteiger partial charge on any atom is -0.381 e. The Morgan fingerprint density at radius 1 is 1.10 bits per heavy atom. The van der Waals surface area contributed by atoms with Gasteiger partial charge in [0.05, 0.1) is 0 Å². The molecule has 0 spiro atoms. The van der Waals surface area contributed by atoms with Crippen LogP contribution in [0.25, 0.3) is 0 Å². The number of Topliss-reactive ketones (excluding diaryl/α,β-unsaturated/α-hetero) is 1. The Morgan fingerprint density at radius 3 is 2.37 bits per heavy atom. The van der Waals surface area contributed by atoms with E-state index in [0.717, 1.165) is 50.8 Å². The fourth-order valence-corrected chi connectivity index (χ4v) is 5.12. The largest absolute Gasteiger partial charge is 0.381 e. The number of hydrogen-bond acceptors (Lipinski definition) is 6. The number of halogens is 1. The van der Waals surface area contributed by atoms with Crippen LogP contribution in [0.2, 0.25) is 0 Å². The van der Waals surface area contributed by atoms with Gasteiger partial charge in [0.1, 0.15) is 6.04 Å². The number of thioether (sulfide) groups is 1. The molecule has 1 aliphatic carbocycles. The Kier molecular flexibility index (Phi) is 10.4. The summed E-state index contributed by atoms with van der Waals surface area (Å²) >= 11 is 1.54. The molecular weight excluding hydrogens is 428 g/mol. The normalized spacial score (nSPS) is 23.4. The first kappa shape index (κ1) is 24.9. The number of rotatable bonds is 6. The Morgan fingerprint density at radius 2 is 1.77 bits per heavy atom. The number of nitrogens with one attached hydrogen (secondary N) is 2. The summed E-state index contributed by atoms with van der Waals surface area (Å²) in [5, 5.41) is 7.71. The third kappa shape index (κ3) is 6.85. The summed E-state index contributed by atoms with van der Waals surface area (Å²) in [7, 11) is 1.89. The number of hydrazone groups is 1. The molecule has 0 bridgehead atoms. The molecule has 0 aromatic rings. The second-order valence-corrected chi connectivity index (χ2v) is 9.16. The van der Waals surface area contributed by atoms with E-state index in [4.69, 9.17) is 4.74 Å². The standard InChI is InChI=1S/C20H32N4O4S.ClH/c1-24-10-13-29-20(24)23-22-19(27)17(25)16(14-8-11-28-12-9-14)21-18(26)15-6-4-2-3-5-7-15;/h14-16H,2-13H2,1H3,(H,21,26)(H,22,27);1H. The molecule has 1 atom stereocenters. The average Bonchev–Trinajstić information content (AvgIpc) is 2.97. The molecular formula is C20H33ClN4O4S. The van der Waals surface area contributed by atoms with E-state index in [1.165, 1.54) is 11.8 Å². The summed E-state index contributed by atoms with van der Waals surface area (Å²) in [5.41, 5.74) is 2.39. The molecule has 1 unspecified atom stereocenters. The number of hydrogen-bond donors (Lipinski definition) is 2. The lowest BCUT2D eigenvalue weighted by Gasteiger charge is -2.30. The lowest BCUT2D eigenvalue weighted by atomic mass is 9.87. The monoisotopic (exact) mass is 460 g/mol. The van der Waals surface area contributed by atoms with E-state index in [2.05, 4.69) is 15.8 Å². The van der Waals surface area contributed by atoms with E-state index in [1.807, 2.05) is 11.9 Å². The third-order valence-corrected chi connectivity index (χ3v) is 7.05. The van der Waals surface area contributed by atoms with Crippen molar-refractivity contribution in [2.24, 2.45) is 16.9 Å². The Hall–Kier alpha value is -1.32. The van der Waals surface area contributed by atoms with Gasteiger partial charge in [0.25, 0.3) is 0 Å². The smallest absolute Gasteiger partial charge is 0.309 e. The minimum absolute atomic E-state index is 0. The molecule has 3 rings (SSSR count). The van der Waals surface area contributed by atoms with Crippen LogP contribution in [0.5, 0.6) is 0 Å². The number of nitrogens with zero attached hydrogens (tertiary/aromatic N) is 2. The van der Waals surface area contributed by atoms with E-state index in [0.29, 0.717) is 31.2 Å². The Bertz CT molecular complexity index is 634. The number of ether oxygens (including phenoxy) is 1. The number of ketones is 1. The first-order valence-corrected chi connectivity index (χ1v) is 11.7. The van der Waals surface area contributed by atoms with Crippen LogP contribution in [0, 0.1) is 11.8 Å². The summed E-state index contributed by atoms with van der Waals surface area (Å²) in [5.74, 6) is -0.736. The predicted molar refractivity (Wildman–Crippen MR) is 120 cm³/mol. The number of amides is 2. The zero-order chi connectivity index (χ0) is 20.6. The second kappa shape index (κ2) is 12.5. The van der Waals surface area contributed by atoms with Crippen LogP contribution >= 0.6 is 24.2 Å². The van der Waals surface area contributed by atoms with Gasteiger partial charge in [-0.05, 0) is 31.6 Å². The molecule has 3 aliphatic rings. The summed E-state index contributed by atoms with van der Waals surface area (Å²) < 4.78 is 5.40. The first-order valence-electron chi connectivity index (χ1n) is 10.7. The Balaban J connectivity index is 0.00000320. The third-order valence-electron chi connectivity index (χ3n) is 6.00. The van der Waals surface area contributed by atoms with E-state index in [1.54, 1.807) is 0 Å². The van der Waals surface area contributed by atoms with Crippen LogP contribution in [0.4, 0.5) is 0 Å². The zero-order valence-corrected chi connectivity index (χ0v) is 19.2. The van der Waals surface area contributed by atoms with Gasteiger partial charge >= 0.3 is 5.91 Å². The molecule has 3 fully saturated rings. The van der Waals surface area contributed by atoms with Crippen molar-refractivity contribution in [2.45, 2.75) is 57.4 Å². The van der Waals surface area contributed by atoms with Crippen molar-refractivity contribution in [2.75, 3.05) is 32.6 Å². The minimum atomic E-state index is -0.816. The van der Waals surface area contributed by atoms with Crippen LogP contribution in [-0.2, 0) is 19.1 Å². The van der Waals surface area contributed by atoms with Gasteiger partial charge in [0.15, 0.2) is 5.17 Å². The highest BCUT2D eigenvalue weighted by Gasteiger charge is 2.36. The molecule has 10 heteroatoms. The highest BCUT2D eigenvalue weighted by atomic mass is 35.5. The summed E-state index contributed by atoms with van der Waals surface area (Å²) in [6.45, 7) is 1.94. The van der Waals surface area contributed by atoms with Crippen LogP contribution in [0.1, 0.15) is 51.4 Å². The van der Waals surface area contributed by atoms with Gasteiger partial charge in [-0.3, -0.25) is 14.4 Å². The van der Waals surface area contributed by atoms with Crippen molar-refractivity contribution in [3.05, 3.63) is 0 Å². The SMILES string of the molecule is CN1CCSC1=NNC(=O)C(=O)C(NC(=O)C1CCCCCC1)C1CCOCC1.Cl. The van der Waals surface area contributed by atoms with E-state index in [9.17, 15) is 14.4 Å². The maximum absolute atomic E-state index is 13.0. The van der Waals surface area contributed by atoms with Crippen molar-refractivity contribution < 1.29 is 19.1 Å². The highest BCUT2D eigenvalue weighted by molar-refractivity contribution is 8.14. The zero-order valence-electron chi connectivity index (χ0n) is 17.6. The van der Waals surface area contributed by atoms with E-state index in [-0.39, 0.29) is 30.2 Å². The van der Waals surface area contributed by atoms with Gasteiger partial charge < -0.3 is 15.0 Å². The molecule has 8 nitrogen and oxygen atoms in total. The number of amidine groups is 1. The maximum Gasteiger partial charge on any atom is 0.309 e. The molecule has 1 saturated carbocycles. The fraction of sp³-hybridized carbons (Fsp3) is 0.800. The molecule has 2 aliphatic heterocycles. The van der Waals surface area contributed by atoms with Crippen LogP contribution in [0.15, 0.2) is 5.10 Å². The van der Waals surface area contributed by atoms with Gasteiger partial charge in [0, 0.05) is 38.5 Å². The topological polar surface area (TPSA) is 100 Å². The number of carbonyl (C=O) groups is 3. The van der Waals surface area contributed by atoms with Gasteiger partial charge in [-0.1, -0.05) is 37.4 Å². The highest BCUT2D eigenvalue weighted by Crippen LogP contribution is 2.25. The molecule has 0 radical (unpaired) electrons. The molecule has 170 valence electrons. The van der Waals surface area contributed by atoms with Crippen molar-refractivity contribution in [1.82, 2.24) is 15.6 Å². The van der Waals surface area contributed by atoms with Crippen LogP contribution in [-0.4, -0.2) is 66.3 Å². The van der Waals surface area contributed by atoms with Crippen LogP contribution < -0.4 is 10.7 Å². The molecule has 2 amide bonds. The predicted octanol–water partition coefficient (Wildman–Crippen LogP) is 1.92. The van der Waals surface area contributed by atoms with Gasteiger partial charge in [-0.2, -0.15) is 0 Å². The van der Waals surface area contributed by atoms with Crippen molar-refractivity contribution in [3.8, 4) is 0 Å². The quantitative estimate of drug-likeness (QED) is 0.357. The van der Waals surface area contributed by atoms with Crippen LogP contribution in [0.3, 0.4) is 0 Å². The summed E-state index contributed by atoms with van der Waals surface area (Å²) in [4.78, 5) is 40.3. The van der Waals surface area contributed by atoms with E-state index < -0.39 is 17.7 Å². The fourth-order valence-electron chi connectivity index (χ4n) is 4.15. The van der Waals surface area contributed by atoms with Gasteiger partial charge in [-0.15, -0.1) is 17.5 Å². The van der Waals surface area contributed by atoms with Crippen molar-refractivity contribution >= 4 is 46.9 Å². The average molecular weight is 461 g/mol. The molecule has 0 aromatic carbocycles. The van der Waals surface area contributed by atoms with Gasteiger partial charge in [0.2, 0.25) is 11.7 Å². The first-order chi connectivity index (χ1) is 14.1. The molecule has 2 saturated heterocycles. The van der Waals surface area contributed by atoms with Crippen molar-refractivity contribution in [1.29, 1.82) is 0 Å². The Labute approximate surface area is 188 Å². The molecule has 0 aromatic heterocycles. The molecule has 2 heterocycles. The second-order valence-electron chi connectivity index (χ2n) is 8.09. The molecule has 2 N–H and O–H groups in total. The van der Waals surface area contributed by atoms with Crippen molar-refractivity contribution in [3.63, 3.8) is 0 Å². The van der Waals surface area contributed by atoms with E-state index >= 15 is 0 Å². The van der Waals surface area contributed by atoms with Gasteiger partial charge in [-0.25, -0.2) is 5.43 Å².